The summed E-state index contributed by atoms with van der Waals surface area (Å²) < 4.78 is 2.09. The number of nitrogens with one attached hydrogen (secondary N) is 2. The van der Waals surface area contributed by atoms with E-state index in [1.807, 2.05) is 40.1 Å². The summed E-state index contributed by atoms with van der Waals surface area (Å²) >= 11 is 0. The molecule has 0 aliphatic heterocycles. The molecule has 1 aromatic rings. The van der Waals surface area contributed by atoms with Crippen LogP contribution in [0.1, 0.15) is 39.8 Å². The van der Waals surface area contributed by atoms with Crippen molar-refractivity contribution in [2.45, 2.75) is 52.2 Å². The van der Waals surface area contributed by atoms with Crippen LogP contribution in [-0.2, 0) is 13.5 Å². The average molecular weight is 295 g/mol. The number of aromatic nitrogens is 1. The summed E-state index contributed by atoms with van der Waals surface area (Å²) in [7, 11) is 2.02. The first kappa shape index (κ1) is 17.6. The lowest BCUT2D eigenvalue weighted by atomic mass is 9.93. The van der Waals surface area contributed by atoms with Gasteiger partial charge in [-0.15, -0.1) is 0 Å². The number of amides is 2. The number of urea groups is 1. The normalized spacial score (nSPS) is 15.6. The highest BCUT2D eigenvalue weighted by atomic mass is 16.3. The summed E-state index contributed by atoms with van der Waals surface area (Å²) in [4.78, 5) is 11.8. The Kier molecular flexibility index (Phi) is 6.27. The van der Waals surface area contributed by atoms with Crippen molar-refractivity contribution in [1.29, 1.82) is 0 Å². The SMILES string of the molecule is CC(CCc1cccn1C)NC(=O)NCC(C)(O)C(C)C. The molecule has 0 aliphatic carbocycles. The monoisotopic (exact) mass is 295 g/mol. The lowest BCUT2D eigenvalue weighted by Crippen LogP contribution is -2.49. The van der Waals surface area contributed by atoms with Crippen LogP contribution in [0.3, 0.4) is 0 Å². The molecule has 1 heterocycles. The molecule has 1 aromatic heterocycles. The minimum atomic E-state index is -0.885. The van der Waals surface area contributed by atoms with E-state index in [0.717, 1.165) is 12.8 Å². The zero-order chi connectivity index (χ0) is 16.0. The maximum atomic E-state index is 11.8. The molecule has 0 saturated heterocycles. The first-order valence-corrected chi connectivity index (χ1v) is 7.59. The number of carbonyl (C=O) groups is 1. The predicted octanol–water partition coefficient (Wildman–Crippen LogP) is 2.05. The van der Waals surface area contributed by atoms with Crippen LogP contribution in [-0.4, -0.2) is 33.9 Å². The summed E-state index contributed by atoms with van der Waals surface area (Å²) in [5, 5.41) is 15.7. The molecular formula is C16H29N3O2. The third kappa shape index (κ3) is 5.79. The van der Waals surface area contributed by atoms with Gasteiger partial charge in [0, 0.05) is 31.5 Å². The van der Waals surface area contributed by atoms with Crippen LogP contribution < -0.4 is 10.6 Å². The van der Waals surface area contributed by atoms with Crippen LogP contribution in [0.15, 0.2) is 18.3 Å². The van der Waals surface area contributed by atoms with Gasteiger partial charge in [0.05, 0.1) is 5.60 Å². The number of aliphatic hydroxyl groups is 1. The van der Waals surface area contributed by atoms with Gasteiger partial charge >= 0.3 is 6.03 Å². The summed E-state index contributed by atoms with van der Waals surface area (Å²) in [5.74, 6) is 0.0903. The molecule has 2 unspecified atom stereocenters. The van der Waals surface area contributed by atoms with E-state index in [1.54, 1.807) is 6.92 Å². The molecule has 120 valence electrons. The summed E-state index contributed by atoms with van der Waals surface area (Å²) in [6.45, 7) is 7.84. The largest absolute Gasteiger partial charge is 0.388 e. The Hall–Kier alpha value is -1.49. The first-order chi connectivity index (χ1) is 9.72. The van der Waals surface area contributed by atoms with Crippen molar-refractivity contribution in [1.82, 2.24) is 15.2 Å². The molecule has 0 aromatic carbocycles. The van der Waals surface area contributed by atoms with E-state index in [2.05, 4.69) is 21.3 Å². The highest BCUT2D eigenvalue weighted by Gasteiger charge is 2.25. The number of hydrogen-bond donors (Lipinski definition) is 3. The van der Waals surface area contributed by atoms with E-state index >= 15 is 0 Å². The van der Waals surface area contributed by atoms with Gasteiger partial charge in [-0.3, -0.25) is 0 Å². The van der Waals surface area contributed by atoms with E-state index in [1.165, 1.54) is 5.69 Å². The molecule has 0 spiro atoms. The lowest BCUT2D eigenvalue weighted by molar-refractivity contribution is 0.0165. The number of aryl methyl sites for hydroxylation is 2. The topological polar surface area (TPSA) is 66.3 Å². The van der Waals surface area contributed by atoms with Crippen molar-refractivity contribution in [3.8, 4) is 0 Å². The molecule has 0 fully saturated rings. The number of hydrogen-bond acceptors (Lipinski definition) is 2. The molecule has 2 amide bonds. The van der Waals surface area contributed by atoms with Crippen molar-refractivity contribution in [2.24, 2.45) is 13.0 Å². The van der Waals surface area contributed by atoms with Crippen molar-refractivity contribution < 1.29 is 9.90 Å². The van der Waals surface area contributed by atoms with Crippen LogP contribution in [0.5, 0.6) is 0 Å². The van der Waals surface area contributed by atoms with E-state index in [9.17, 15) is 9.90 Å². The Bertz CT molecular complexity index is 452. The van der Waals surface area contributed by atoms with E-state index in [0.29, 0.717) is 0 Å². The molecule has 0 aliphatic rings. The van der Waals surface area contributed by atoms with Crippen molar-refractivity contribution in [3.05, 3.63) is 24.0 Å². The minimum Gasteiger partial charge on any atom is -0.388 e. The van der Waals surface area contributed by atoms with E-state index in [-0.39, 0.29) is 24.5 Å². The molecule has 0 radical (unpaired) electrons. The second-order valence-corrected chi connectivity index (χ2v) is 6.39. The zero-order valence-corrected chi connectivity index (χ0v) is 13.8. The highest BCUT2D eigenvalue weighted by Crippen LogP contribution is 2.14. The van der Waals surface area contributed by atoms with Crippen LogP contribution in [0.4, 0.5) is 4.79 Å². The van der Waals surface area contributed by atoms with Gasteiger partial charge in [-0.05, 0) is 44.7 Å². The van der Waals surface area contributed by atoms with E-state index in [4.69, 9.17) is 0 Å². The van der Waals surface area contributed by atoms with Crippen molar-refractivity contribution in [3.63, 3.8) is 0 Å². The molecule has 5 heteroatoms. The number of rotatable bonds is 7. The Morgan fingerprint density at radius 3 is 2.62 bits per heavy atom. The molecular weight excluding hydrogens is 266 g/mol. The highest BCUT2D eigenvalue weighted by molar-refractivity contribution is 5.74. The van der Waals surface area contributed by atoms with Gasteiger partial charge in [-0.2, -0.15) is 0 Å². The predicted molar refractivity (Wildman–Crippen MR) is 85.2 cm³/mol. The van der Waals surface area contributed by atoms with Crippen molar-refractivity contribution in [2.75, 3.05) is 6.54 Å². The Balaban J connectivity index is 2.29. The standard InChI is InChI=1S/C16H29N3O2/c1-12(2)16(4,21)11-17-15(20)18-13(3)8-9-14-7-6-10-19(14)5/h6-7,10,12-13,21H,8-9,11H2,1-5H3,(H2,17,18,20). The summed E-state index contributed by atoms with van der Waals surface area (Å²) in [6.07, 6.45) is 3.83. The fourth-order valence-corrected chi connectivity index (χ4v) is 1.93. The van der Waals surface area contributed by atoms with Gasteiger partial charge in [0.1, 0.15) is 0 Å². The molecule has 5 nitrogen and oxygen atoms in total. The van der Waals surface area contributed by atoms with Gasteiger partial charge in [0.15, 0.2) is 0 Å². The molecule has 2 atom stereocenters. The van der Waals surface area contributed by atoms with Gasteiger partial charge in [-0.1, -0.05) is 13.8 Å². The van der Waals surface area contributed by atoms with Crippen molar-refractivity contribution >= 4 is 6.03 Å². The van der Waals surface area contributed by atoms with Crippen LogP contribution in [0.25, 0.3) is 0 Å². The molecule has 1 rings (SSSR count). The molecule has 0 saturated carbocycles. The van der Waals surface area contributed by atoms with Gasteiger partial charge in [0.2, 0.25) is 0 Å². The van der Waals surface area contributed by atoms with Gasteiger partial charge < -0.3 is 20.3 Å². The third-order valence-corrected chi connectivity index (χ3v) is 4.11. The van der Waals surface area contributed by atoms with Gasteiger partial charge in [0.25, 0.3) is 0 Å². The third-order valence-electron chi connectivity index (χ3n) is 4.11. The van der Waals surface area contributed by atoms with E-state index < -0.39 is 5.60 Å². The van der Waals surface area contributed by atoms with Gasteiger partial charge in [-0.25, -0.2) is 4.79 Å². The van der Waals surface area contributed by atoms with Crippen LogP contribution >= 0.6 is 0 Å². The minimum absolute atomic E-state index is 0.0869. The Morgan fingerprint density at radius 2 is 2.10 bits per heavy atom. The fraction of sp³-hybridized carbons (Fsp3) is 0.688. The molecule has 21 heavy (non-hydrogen) atoms. The lowest BCUT2D eigenvalue weighted by Gasteiger charge is -2.28. The average Bonchev–Trinajstić information content (AvgIpc) is 2.79. The Labute approximate surface area is 127 Å². The summed E-state index contributed by atoms with van der Waals surface area (Å²) in [6, 6.07) is 3.97. The Morgan fingerprint density at radius 1 is 1.43 bits per heavy atom. The van der Waals surface area contributed by atoms with Crippen LogP contribution in [0, 0.1) is 5.92 Å². The second-order valence-electron chi connectivity index (χ2n) is 6.39. The van der Waals surface area contributed by atoms with Crippen LogP contribution in [0.2, 0.25) is 0 Å². The quantitative estimate of drug-likeness (QED) is 0.721. The number of nitrogens with zero attached hydrogens (tertiary/aromatic N) is 1. The fourth-order valence-electron chi connectivity index (χ4n) is 1.93. The smallest absolute Gasteiger partial charge is 0.315 e. The summed E-state index contributed by atoms with van der Waals surface area (Å²) in [5.41, 5.74) is 0.371. The maximum absolute atomic E-state index is 11.8. The zero-order valence-electron chi connectivity index (χ0n) is 13.8. The second kappa shape index (κ2) is 7.50. The number of carbonyl (C=O) groups excluding carboxylic acids is 1. The maximum Gasteiger partial charge on any atom is 0.315 e. The molecule has 0 bridgehead atoms. The first-order valence-electron chi connectivity index (χ1n) is 7.59. The molecule has 3 N–H and O–H groups in total.